The average Bonchev–Trinajstić information content (AvgIpc) is 2.55. The molecular weight excluding hydrogens is 293 g/mol. The maximum absolute atomic E-state index is 13.9. The highest BCUT2D eigenvalue weighted by molar-refractivity contribution is 5.79. The lowest BCUT2D eigenvalue weighted by atomic mass is 10.1. The zero-order valence-electron chi connectivity index (χ0n) is 13.2. The minimum Gasteiger partial charge on any atom is -0.370 e. The summed E-state index contributed by atoms with van der Waals surface area (Å²) < 4.78 is 19.6. The average molecular weight is 313 g/mol. The number of hydrogen-bond acceptors (Lipinski definition) is 2. The van der Waals surface area contributed by atoms with Crippen LogP contribution in [-0.4, -0.2) is 30.5 Å². The minimum atomic E-state index is -0.397. The molecule has 0 radical (unpaired) electrons. The quantitative estimate of drug-likeness (QED) is 0.870. The normalized spacial score (nSPS) is 18.0. The van der Waals surface area contributed by atoms with Crippen molar-refractivity contribution in [2.45, 2.75) is 19.4 Å². The number of ether oxygens (including phenoxy) is 1. The second kappa shape index (κ2) is 6.92. The third-order valence-corrected chi connectivity index (χ3v) is 4.11. The molecule has 1 amide bonds. The summed E-state index contributed by atoms with van der Waals surface area (Å²) in [6, 6.07) is 14.5. The molecule has 2 aromatic carbocycles. The molecule has 0 aliphatic carbocycles. The van der Waals surface area contributed by atoms with E-state index < -0.39 is 6.10 Å². The van der Waals surface area contributed by atoms with Gasteiger partial charge in [0.05, 0.1) is 19.6 Å². The SMILES string of the molecule is Cc1cccc(CC(=O)N2CCOC(c3ccccc3F)C2)c1. The predicted octanol–water partition coefficient (Wildman–Crippen LogP) is 3.28. The van der Waals surface area contributed by atoms with Crippen LogP contribution in [0.3, 0.4) is 0 Å². The van der Waals surface area contributed by atoms with Crippen molar-refractivity contribution >= 4 is 5.91 Å². The molecule has 0 spiro atoms. The van der Waals surface area contributed by atoms with E-state index in [0.717, 1.165) is 11.1 Å². The zero-order valence-corrected chi connectivity index (χ0v) is 13.2. The van der Waals surface area contributed by atoms with Gasteiger partial charge in [-0.1, -0.05) is 48.0 Å². The molecule has 0 N–H and O–H groups in total. The van der Waals surface area contributed by atoms with Crippen molar-refractivity contribution in [3.8, 4) is 0 Å². The third-order valence-electron chi connectivity index (χ3n) is 4.11. The van der Waals surface area contributed by atoms with Gasteiger partial charge < -0.3 is 9.64 Å². The van der Waals surface area contributed by atoms with Crippen LogP contribution in [0.4, 0.5) is 4.39 Å². The van der Waals surface area contributed by atoms with Gasteiger partial charge in [-0.05, 0) is 18.6 Å². The minimum absolute atomic E-state index is 0.0558. The van der Waals surface area contributed by atoms with Crippen LogP contribution >= 0.6 is 0 Å². The molecule has 120 valence electrons. The summed E-state index contributed by atoms with van der Waals surface area (Å²) in [7, 11) is 0. The highest BCUT2D eigenvalue weighted by atomic mass is 19.1. The Hall–Kier alpha value is -2.20. The van der Waals surface area contributed by atoms with Gasteiger partial charge in [0.2, 0.25) is 5.91 Å². The Kier molecular flexibility index (Phi) is 4.72. The Bertz CT molecular complexity index is 701. The van der Waals surface area contributed by atoms with Gasteiger partial charge in [-0.15, -0.1) is 0 Å². The van der Waals surface area contributed by atoms with E-state index in [-0.39, 0.29) is 11.7 Å². The summed E-state index contributed by atoms with van der Waals surface area (Å²) in [5, 5.41) is 0. The van der Waals surface area contributed by atoms with E-state index >= 15 is 0 Å². The van der Waals surface area contributed by atoms with Crippen LogP contribution in [-0.2, 0) is 16.0 Å². The van der Waals surface area contributed by atoms with Crippen LogP contribution in [0.1, 0.15) is 22.8 Å². The lowest BCUT2D eigenvalue weighted by Crippen LogP contribution is -2.43. The van der Waals surface area contributed by atoms with Crippen molar-refractivity contribution in [1.29, 1.82) is 0 Å². The Morgan fingerprint density at radius 3 is 2.87 bits per heavy atom. The monoisotopic (exact) mass is 313 g/mol. The summed E-state index contributed by atoms with van der Waals surface area (Å²) in [6.45, 7) is 3.39. The summed E-state index contributed by atoms with van der Waals surface area (Å²) >= 11 is 0. The molecule has 1 fully saturated rings. The number of benzene rings is 2. The second-order valence-electron chi connectivity index (χ2n) is 5.89. The van der Waals surface area contributed by atoms with Gasteiger partial charge in [0.25, 0.3) is 0 Å². The molecule has 0 aromatic heterocycles. The fourth-order valence-corrected chi connectivity index (χ4v) is 2.91. The lowest BCUT2D eigenvalue weighted by Gasteiger charge is -2.33. The van der Waals surface area contributed by atoms with Gasteiger partial charge in [-0.25, -0.2) is 4.39 Å². The van der Waals surface area contributed by atoms with Crippen LogP contribution in [0.15, 0.2) is 48.5 Å². The standard InChI is InChI=1S/C19H20FNO2/c1-14-5-4-6-15(11-14)12-19(22)21-9-10-23-18(13-21)16-7-2-3-8-17(16)20/h2-8,11,18H,9-10,12-13H2,1H3. The van der Waals surface area contributed by atoms with Gasteiger partial charge in [-0.3, -0.25) is 4.79 Å². The zero-order chi connectivity index (χ0) is 16.2. The molecule has 1 heterocycles. The van der Waals surface area contributed by atoms with Crippen LogP contribution in [0, 0.1) is 12.7 Å². The number of carbonyl (C=O) groups excluding carboxylic acids is 1. The number of nitrogens with zero attached hydrogens (tertiary/aromatic N) is 1. The summed E-state index contributed by atoms with van der Waals surface area (Å²) in [4.78, 5) is 14.3. The van der Waals surface area contributed by atoms with Crippen molar-refractivity contribution in [2.75, 3.05) is 19.7 Å². The molecule has 3 nitrogen and oxygen atoms in total. The van der Waals surface area contributed by atoms with Crippen molar-refractivity contribution in [3.63, 3.8) is 0 Å². The fraction of sp³-hybridized carbons (Fsp3) is 0.316. The number of morpholine rings is 1. The Balaban J connectivity index is 1.68. The molecule has 1 aliphatic heterocycles. The van der Waals surface area contributed by atoms with Crippen molar-refractivity contribution in [2.24, 2.45) is 0 Å². The van der Waals surface area contributed by atoms with E-state index in [4.69, 9.17) is 4.74 Å². The maximum atomic E-state index is 13.9. The molecule has 0 saturated carbocycles. The van der Waals surface area contributed by atoms with Crippen LogP contribution in [0.25, 0.3) is 0 Å². The number of carbonyl (C=O) groups is 1. The highest BCUT2D eigenvalue weighted by Crippen LogP contribution is 2.24. The first kappa shape index (κ1) is 15.7. The molecule has 2 aromatic rings. The van der Waals surface area contributed by atoms with E-state index in [1.165, 1.54) is 6.07 Å². The van der Waals surface area contributed by atoms with Gasteiger partial charge in [-0.2, -0.15) is 0 Å². The molecule has 0 bridgehead atoms. The van der Waals surface area contributed by atoms with Crippen LogP contribution < -0.4 is 0 Å². The molecular formula is C19H20FNO2. The Labute approximate surface area is 135 Å². The van der Waals surface area contributed by atoms with Gasteiger partial charge in [0, 0.05) is 12.1 Å². The molecule has 4 heteroatoms. The fourth-order valence-electron chi connectivity index (χ4n) is 2.91. The van der Waals surface area contributed by atoms with Crippen LogP contribution in [0.5, 0.6) is 0 Å². The van der Waals surface area contributed by atoms with Crippen molar-refractivity contribution < 1.29 is 13.9 Å². The molecule has 1 unspecified atom stereocenters. The van der Waals surface area contributed by atoms with Gasteiger partial charge in [0.1, 0.15) is 11.9 Å². The number of halogens is 1. The van der Waals surface area contributed by atoms with E-state index in [1.54, 1.807) is 23.1 Å². The van der Waals surface area contributed by atoms with E-state index in [2.05, 4.69) is 0 Å². The smallest absolute Gasteiger partial charge is 0.227 e. The number of amides is 1. The molecule has 1 saturated heterocycles. The number of aryl methyl sites for hydroxylation is 1. The summed E-state index contributed by atoms with van der Waals surface area (Å²) in [5.41, 5.74) is 2.66. The Morgan fingerprint density at radius 1 is 1.26 bits per heavy atom. The third kappa shape index (κ3) is 3.77. The molecule has 1 aliphatic rings. The molecule has 1 atom stereocenters. The maximum Gasteiger partial charge on any atom is 0.227 e. The lowest BCUT2D eigenvalue weighted by molar-refractivity contribution is -0.138. The molecule has 23 heavy (non-hydrogen) atoms. The van der Waals surface area contributed by atoms with Gasteiger partial charge in [0.15, 0.2) is 0 Å². The largest absolute Gasteiger partial charge is 0.370 e. The molecule has 3 rings (SSSR count). The van der Waals surface area contributed by atoms with E-state index in [9.17, 15) is 9.18 Å². The first-order valence-electron chi connectivity index (χ1n) is 7.83. The van der Waals surface area contributed by atoms with Crippen LogP contribution in [0.2, 0.25) is 0 Å². The Morgan fingerprint density at radius 2 is 2.09 bits per heavy atom. The summed E-state index contributed by atoms with van der Waals surface area (Å²) in [5.74, 6) is -0.231. The topological polar surface area (TPSA) is 29.5 Å². The first-order chi connectivity index (χ1) is 11.1. The number of rotatable bonds is 3. The van der Waals surface area contributed by atoms with Crippen molar-refractivity contribution in [1.82, 2.24) is 4.90 Å². The van der Waals surface area contributed by atoms with Crippen molar-refractivity contribution in [3.05, 3.63) is 71.0 Å². The summed E-state index contributed by atoms with van der Waals surface area (Å²) in [6.07, 6.45) is -0.0301. The second-order valence-corrected chi connectivity index (χ2v) is 5.89. The predicted molar refractivity (Wildman–Crippen MR) is 86.6 cm³/mol. The number of hydrogen-bond donors (Lipinski definition) is 0. The van der Waals surface area contributed by atoms with E-state index in [0.29, 0.717) is 31.7 Å². The van der Waals surface area contributed by atoms with Gasteiger partial charge >= 0.3 is 0 Å². The first-order valence-corrected chi connectivity index (χ1v) is 7.83. The highest BCUT2D eigenvalue weighted by Gasteiger charge is 2.26. The van der Waals surface area contributed by atoms with E-state index in [1.807, 2.05) is 31.2 Å².